The summed E-state index contributed by atoms with van der Waals surface area (Å²) in [7, 11) is 0. The number of imidazole rings is 1. The van der Waals surface area contributed by atoms with Crippen LogP contribution in [0.25, 0.3) is 11.4 Å². The van der Waals surface area contributed by atoms with Crippen molar-refractivity contribution in [3.63, 3.8) is 0 Å². The Morgan fingerprint density at radius 2 is 2.00 bits per heavy atom. The van der Waals surface area contributed by atoms with E-state index in [4.69, 9.17) is 0 Å². The lowest BCUT2D eigenvalue weighted by molar-refractivity contribution is 0.0956. The lowest BCUT2D eigenvalue weighted by atomic mass is 10.2. The third-order valence-electron chi connectivity index (χ3n) is 3.58. The summed E-state index contributed by atoms with van der Waals surface area (Å²) in [5, 5.41) is 2.97. The Morgan fingerprint density at radius 3 is 2.70 bits per heavy atom. The van der Waals surface area contributed by atoms with Crippen LogP contribution in [-0.4, -0.2) is 27.0 Å². The molecule has 23 heavy (non-hydrogen) atoms. The fourth-order valence-corrected chi connectivity index (χ4v) is 3.18. The van der Waals surface area contributed by atoms with Crippen LogP contribution in [0.1, 0.15) is 20.2 Å². The second-order valence-corrected chi connectivity index (χ2v) is 6.56. The highest BCUT2D eigenvalue weighted by Crippen LogP contribution is 2.18. The van der Waals surface area contributed by atoms with E-state index in [0.29, 0.717) is 13.1 Å². The van der Waals surface area contributed by atoms with Crippen LogP contribution in [0.15, 0.2) is 42.9 Å². The van der Waals surface area contributed by atoms with Gasteiger partial charge in [-0.05, 0) is 38.1 Å². The molecular weight excluding hydrogens is 308 g/mol. The van der Waals surface area contributed by atoms with Crippen molar-refractivity contribution in [2.75, 3.05) is 6.54 Å². The number of carbonyl (C=O) groups is 1. The quantitative estimate of drug-likeness (QED) is 0.784. The smallest absolute Gasteiger partial charge is 0.261 e. The largest absolute Gasteiger partial charge is 0.350 e. The molecule has 0 spiro atoms. The lowest BCUT2D eigenvalue weighted by Crippen LogP contribution is -2.27. The Kier molecular flexibility index (Phi) is 4.52. The molecule has 0 unspecified atom stereocenters. The minimum Gasteiger partial charge on any atom is -0.350 e. The van der Waals surface area contributed by atoms with Crippen LogP contribution in [0, 0.1) is 13.8 Å². The molecule has 1 N–H and O–H groups in total. The fraction of sp³-hybridized carbons (Fsp3) is 0.235. The maximum absolute atomic E-state index is 12.1. The molecule has 0 radical (unpaired) electrons. The molecule has 3 heterocycles. The van der Waals surface area contributed by atoms with Crippen LogP contribution < -0.4 is 5.32 Å². The summed E-state index contributed by atoms with van der Waals surface area (Å²) in [6.07, 6.45) is 5.36. The summed E-state index contributed by atoms with van der Waals surface area (Å²) < 4.78 is 2.11. The van der Waals surface area contributed by atoms with Crippen molar-refractivity contribution in [2.45, 2.75) is 20.4 Å². The minimum atomic E-state index is -0.0219. The first kappa shape index (κ1) is 15.4. The van der Waals surface area contributed by atoms with E-state index in [1.54, 1.807) is 12.4 Å². The van der Waals surface area contributed by atoms with E-state index in [0.717, 1.165) is 26.8 Å². The van der Waals surface area contributed by atoms with E-state index in [9.17, 15) is 4.79 Å². The first-order chi connectivity index (χ1) is 11.1. The van der Waals surface area contributed by atoms with E-state index in [2.05, 4.69) is 19.9 Å². The molecule has 1 amide bonds. The first-order valence-electron chi connectivity index (χ1n) is 7.42. The van der Waals surface area contributed by atoms with Gasteiger partial charge in [0, 0.05) is 47.8 Å². The van der Waals surface area contributed by atoms with Gasteiger partial charge in [-0.15, -0.1) is 11.3 Å². The van der Waals surface area contributed by atoms with Gasteiger partial charge >= 0.3 is 0 Å². The van der Waals surface area contributed by atoms with Gasteiger partial charge < -0.3 is 9.88 Å². The Bertz CT molecular complexity index is 807. The topological polar surface area (TPSA) is 59.8 Å². The second-order valence-electron chi connectivity index (χ2n) is 5.28. The summed E-state index contributed by atoms with van der Waals surface area (Å²) in [4.78, 5) is 22.5. The zero-order valence-electron chi connectivity index (χ0n) is 13.1. The molecule has 3 rings (SSSR count). The van der Waals surface area contributed by atoms with E-state index in [1.807, 2.05) is 44.3 Å². The Morgan fingerprint density at radius 1 is 1.22 bits per heavy atom. The van der Waals surface area contributed by atoms with Crippen LogP contribution in [-0.2, 0) is 6.54 Å². The number of rotatable bonds is 5. The molecule has 0 aromatic carbocycles. The fourth-order valence-electron chi connectivity index (χ4n) is 2.40. The van der Waals surface area contributed by atoms with Gasteiger partial charge in [-0.1, -0.05) is 0 Å². The lowest BCUT2D eigenvalue weighted by Gasteiger charge is -2.11. The van der Waals surface area contributed by atoms with Crippen LogP contribution in [0.2, 0.25) is 0 Å². The van der Waals surface area contributed by atoms with Crippen molar-refractivity contribution in [2.24, 2.45) is 0 Å². The number of hydrogen-bond donors (Lipinski definition) is 1. The van der Waals surface area contributed by atoms with Gasteiger partial charge in [0.1, 0.15) is 5.82 Å². The SMILES string of the molecule is Cc1ccc(C(=O)NCCn2c(C)cnc2-c2ccncc2)s1. The number of hydrogen-bond acceptors (Lipinski definition) is 4. The summed E-state index contributed by atoms with van der Waals surface area (Å²) >= 11 is 1.51. The van der Waals surface area contributed by atoms with Gasteiger partial charge in [0.05, 0.1) is 4.88 Å². The van der Waals surface area contributed by atoms with Gasteiger partial charge in [0.25, 0.3) is 5.91 Å². The molecule has 5 nitrogen and oxygen atoms in total. The molecule has 0 saturated heterocycles. The molecule has 118 valence electrons. The predicted molar refractivity (Wildman–Crippen MR) is 91.6 cm³/mol. The molecule has 0 aliphatic rings. The number of nitrogens with zero attached hydrogens (tertiary/aromatic N) is 3. The molecular formula is C17H18N4OS. The van der Waals surface area contributed by atoms with Gasteiger partial charge in [0.15, 0.2) is 0 Å². The number of aromatic nitrogens is 3. The third-order valence-corrected chi connectivity index (χ3v) is 4.58. The standard InChI is InChI=1S/C17H18N4OS/c1-12-11-20-16(14-5-7-18-8-6-14)21(12)10-9-19-17(22)15-4-3-13(2)23-15/h3-8,11H,9-10H2,1-2H3,(H,19,22). The highest BCUT2D eigenvalue weighted by Gasteiger charge is 2.11. The highest BCUT2D eigenvalue weighted by atomic mass is 32.1. The molecule has 6 heteroatoms. The average molecular weight is 326 g/mol. The second kappa shape index (κ2) is 6.75. The predicted octanol–water partition coefficient (Wildman–Crippen LogP) is 3.05. The number of pyridine rings is 1. The summed E-state index contributed by atoms with van der Waals surface area (Å²) in [5.41, 5.74) is 2.09. The molecule has 3 aromatic heterocycles. The number of thiophene rings is 1. The first-order valence-corrected chi connectivity index (χ1v) is 8.24. The van der Waals surface area contributed by atoms with E-state index < -0.39 is 0 Å². The van der Waals surface area contributed by atoms with Gasteiger partial charge in [0.2, 0.25) is 0 Å². The number of nitrogens with one attached hydrogen (secondary N) is 1. The summed E-state index contributed by atoms with van der Waals surface area (Å²) in [5.74, 6) is 0.873. The number of carbonyl (C=O) groups excluding carboxylic acids is 1. The van der Waals surface area contributed by atoms with Crippen molar-refractivity contribution in [1.82, 2.24) is 19.9 Å². The van der Waals surface area contributed by atoms with Crippen LogP contribution in [0.5, 0.6) is 0 Å². The van der Waals surface area contributed by atoms with Crippen molar-refractivity contribution in [1.29, 1.82) is 0 Å². The van der Waals surface area contributed by atoms with Crippen molar-refractivity contribution < 1.29 is 4.79 Å². The molecule has 3 aromatic rings. The Balaban J connectivity index is 1.67. The Hall–Kier alpha value is -2.47. The number of amides is 1. The zero-order valence-corrected chi connectivity index (χ0v) is 13.9. The van der Waals surface area contributed by atoms with Gasteiger partial charge in [-0.25, -0.2) is 4.98 Å². The monoisotopic (exact) mass is 326 g/mol. The molecule has 0 bridgehead atoms. The molecule has 0 saturated carbocycles. The van der Waals surface area contributed by atoms with Crippen LogP contribution >= 0.6 is 11.3 Å². The number of aryl methyl sites for hydroxylation is 2. The minimum absolute atomic E-state index is 0.0219. The third kappa shape index (κ3) is 3.48. The maximum atomic E-state index is 12.1. The normalized spacial score (nSPS) is 10.7. The molecule has 0 aliphatic heterocycles. The van der Waals surface area contributed by atoms with Crippen molar-refractivity contribution in [3.05, 3.63) is 58.3 Å². The van der Waals surface area contributed by atoms with E-state index in [1.165, 1.54) is 11.3 Å². The van der Waals surface area contributed by atoms with Crippen LogP contribution in [0.4, 0.5) is 0 Å². The maximum Gasteiger partial charge on any atom is 0.261 e. The van der Waals surface area contributed by atoms with Crippen LogP contribution in [0.3, 0.4) is 0 Å². The van der Waals surface area contributed by atoms with E-state index in [-0.39, 0.29) is 5.91 Å². The van der Waals surface area contributed by atoms with Gasteiger partial charge in [-0.3, -0.25) is 9.78 Å². The summed E-state index contributed by atoms with van der Waals surface area (Å²) in [6, 6.07) is 7.69. The highest BCUT2D eigenvalue weighted by molar-refractivity contribution is 7.13. The molecule has 0 atom stereocenters. The van der Waals surface area contributed by atoms with E-state index >= 15 is 0 Å². The Labute approximate surface area is 139 Å². The average Bonchev–Trinajstić information content (AvgIpc) is 3.15. The summed E-state index contributed by atoms with van der Waals surface area (Å²) in [6.45, 7) is 5.25. The molecule has 0 aliphatic carbocycles. The van der Waals surface area contributed by atoms with Crippen molar-refractivity contribution >= 4 is 17.2 Å². The van der Waals surface area contributed by atoms with Gasteiger partial charge in [-0.2, -0.15) is 0 Å². The molecule has 0 fully saturated rings. The zero-order chi connectivity index (χ0) is 16.2. The van der Waals surface area contributed by atoms with Crippen molar-refractivity contribution in [3.8, 4) is 11.4 Å².